The van der Waals surface area contributed by atoms with Crippen molar-refractivity contribution < 1.29 is 14.3 Å². The van der Waals surface area contributed by atoms with Crippen LogP contribution in [0.1, 0.15) is 43.1 Å². The Morgan fingerprint density at radius 1 is 0.923 bits per heavy atom. The molecule has 198 valence electrons. The Bertz CT molecular complexity index is 1700. The topological polar surface area (TPSA) is 84.1 Å². The second-order valence-electron chi connectivity index (χ2n) is 10.3. The highest BCUT2D eigenvalue weighted by Gasteiger charge is 2.18. The number of aromatic nitrogens is 2. The van der Waals surface area contributed by atoms with Gasteiger partial charge in [-0.2, -0.15) is 0 Å². The highest BCUT2D eigenvalue weighted by Crippen LogP contribution is 2.37. The number of aryl methyl sites for hydroxylation is 1. The minimum Gasteiger partial charge on any atom is -0.460 e. The lowest BCUT2D eigenvalue weighted by atomic mass is 10.0. The Balaban J connectivity index is 1.34. The average Bonchev–Trinajstić information content (AvgIpc) is 3.28. The van der Waals surface area contributed by atoms with E-state index in [2.05, 4.69) is 15.3 Å². The van der Waals surface area contributed by atoms with Crippen molar-refractivity contribution >= 4 is 62.7 Å². The number of aromatic amines is 1. The largest absolute Gasteiger partial charge is 0.460 e. The van der Waals surface area contributed by atoms with Crippen molar-refractivity contribution in [1.29, 1.82) is 0 Å². The molecule has 5 aromatic rings. The first-order valence-electron chi connectivity index (χ1n) is 12.6. The van der Waals surface area contributed by atoms with Crippen LogP contribution < -0.4 is 5.32 Å². The van der Waals surface area contributed by atoms with Gasteiger partial charge in [0.05, 0.1) is 15.6 Å². The first-order chi connectivity index (χ1) is 18.6. The molecule has 5 rings (SSSR count). The molecule has 0 aliphatic heterocycles. The fourth-order valence-electron chi connectivity index (χ4n) is 4.39. The Morgan fingerprint density at radius 3 is 2.38 bits per heavy atom. The van der Waals surface area contributed by atoms with E-state index in [1.54, 1.807) is 18.2 Å². The van der Waals surface area contributed by atoms with Gasteiger partial charge in [0.1, 0.15) is 11.4 Å². The number of H-pyrrole nitrogens is 1. The lowest BCUT2D eigenvalue weighted by Crippen LogP contribution is -2.24. The van der Waals surface area contributed by atoms with Crippen LogP contribution in [-0.2, 0) is 16.0 Å². The van der Waals surface area contributed by atoms with Crippen LogP contribution in [0.25, 0.3) is 33.1 Å². The molecule has 39 heavy (non-hydrogen) atoms. The van der Waals surface area contributed by atoms with Gasteiger partial charge in [-0.1, -0.05) is 47.5 Å². The maximum Gasteiger partial charge on any atom is 0.306 e. The summed E-state index contributed by atoms with van der Waals surface area (Å²) in [4.78, 5) is 32.9. The molecule has 0 radical (unpaired) electrons. The molecule has 6 nitrogen and oxygen atoms in total. The number of esters is 1. The van der Waals surface area contributed by atoms with Gasteiger partial charge in [-0.3, -0.25) is 9.59 Å². The Hall–Kier alpha value is -3.87. The van der Waals surface area contributed by atoms with Gasteiger partial charge in [-0.15, -0.1) is 0 Å². The summed E-state index contributed by atoms with van der Waals surface area (Å²) in [6.07, 6.45) is 0.696. The molecule has 3 aromatic carbocycles. The number of amides is 1. The van der Waals surface area contributed by atoms with Crippen molar-refractivity contribution in [2.75, 3.05) is 5.32 Å². The van der Waals surface area contributed by atoms with E-state index < -0.39 is 5.60 Å². The number of fused-ring (bicyclic) bond motifs is 2. The number of rotatable bonds is 6. The van der Waals surface area contributed by atoms with Crippen LogP contribution in [0.15, 0.2) is 72.8 Å². The number of hydrogen-bond donors (Lipinski definition) is 2. The van der Waals surface area contributed by atoms with Gasteiger partial charge in [-0.25, -0.2) is 4.98 Å². The monoisotopic (exact) mass is 559 g/mol. The summed E-state index contributed by atoms with van der Waals surface area (Å²) < 4.78 is 5.38. The molecular weight excluding hydrogens is 533 g/mol. The third-order valence-corrected chi connectivity index (χ3v) is 6.73. The second-order valence-corrected chi connectivity index (χ2v) is 11.2. The molecule has 0 aliphatic rings. The van der Waals surface area contributed by atoms with Crippen molar-refractivity contribution in [2.45, 2.75) is 39.2 Å². The van der Waals surface area contributed by atoms with Gasteiger partial charge in [0.2, 0.25) is 0 Å². The maximum atomic E-state index is 13.0. The lowest BCUT2D eigenvalue weighted by molar-refractivity contribution is -0.154. The van der Waals surface area contributed by atoms with Crippen molar-refractivity contribution in [2.24, 2.45) is 0 Å². The van der Waals surface area contributed by atoms with Crippen molar-refractivity contribution in [3.05, 3.63) is 94.0 Å². The average molecular weight is 560 g/mol. The number of para-hydroxylation sites is 1. The van der Waals surface area contributed by atoms with E-state index in [0.717, 1.165) is 33.1 Å². The maximum absolute atomic E-state index is 13.0. The normalized spacial score (nSPS) is 11.6. The van der Waals surface area contributed by atoms with Gasteiger partial charge in [0.25, 0.3) is 5.91 Å². The van der Waals surface area contributed by atoms with E-state index in [0.29, 0.717) is 33.4 Å². The predicted octanol–water partition coefficient (Wildman–Crippen LogP) is 8.22. The van der Waals surface area contributed by atoms with Crippen LogP contribution in [0.5, 0.6) is 0 Å². The van der Waals surface area contributed by atoms with Crippen molar-refractivity contribution in [1.82, 2.24) is 9.97 Å². The van der Waals surface area contributed by atoms with E-state index in [4.69, 9.17) is 27.9 Å². The number of nitrogens with zero attached hydrogens (tertiary/aromatic N) is 1. The minimum atomic E-state index is -0.528. The zero-order valence-corrected chi connectivity index (χ0v) is 23.3. The van der Waals surface area contributed by atoms with Crippen molar-refractivity contribution in [3.63, 3.8) is 0 Å². The molecule has 0 spiro atoms. The zero-order chi connectivity index (χ0) is 27.7. The number of hydrogen-bond acceptors (Lipinski definition) is 4. The molecule has 0 atom stereocenters. The van der Waals surface area contributed by atoms with Crippen LogP contribution in [0.3, 0.4) is 0 Å². The molecule has 2 N–H and O–H groups in total. The van der Waals surface area contributed by atoms with Crippen LogP contribution in [0.2, 0.25) is 10.0 Å². The molecule has 0 bridgehead atoms. The van der Waals surface area contributed by atoms with Crippen LogP contribution in [0, 0.1) is 0 Å². The van der Waals surface area contributed by atoms with E-state index >= 15 is 0 Å². The molecule has 2 aromatic heterocycles. The Kier molecular flexibility index (Phi) is 7.34. The number of benzene rings is 3. The number of carbonyl (C=O) groups is 2. The molecule has 0 saturated heterocycles. The van der Waals surface area contributed by atoms with Crippen LogP contribution >= 0.6 is 23.2 Å². The minimum absolute atomic E-state index is 0.231. The summed E-state index contributed by atoms with van der Waals surface area (Å²) in [5.41, 5.74) is 3.77. The summed E-state index contributed by atoms with van der Waals surface area (Å²) in [5, 5.41) is 5.72. The second kappa shape index (κ2) is 10.7. The van der Waals surface area contributed by atoms with Gasteiger partial charge in [0.15, 0.2) is 0 Å². The van der Waals surface area contributed by atoms with Gasteiger partial charge >= 0.3 is 5.97 Å². The van der Waals surface area contributed by atoms with Gasteiger partial charge in [-0.05, 0) is 81.3 Å². The van der Waals surface area contributed by atoms with E-state index in [1.807, 2.05) is 75.4 Å². The van der Waals surface area contributed by atoms with Gasteiger partial charge in [0, 0.05) is 39.5 Å². The zero-order valence-electron chi connectivity index (χ0n) is 21.8. The number of pyridine rings is 1. The highest BCUT2D eigenvalue weighted by molar-refractivity contribution is 6.39. The van der Waals surface area contributed by atoms with Crippen LogP contribution in [0.4, 0.5) is 5.82 Å². The highest BCUT2D eigenvalue weighted by atomic mass is 35.5. The summed E-state index contributed by atoms with van der Waals surface area (Å²) >= 11 is 13.3. The smallest absolute Gasteiger partial charge is 0.306 e. The molecule has 0 aliphatic carbocycles. The molecule has 8 heteroatoms. The van der Waals surface area contributed by atoms with Gasteiger partial charge < -0.3 is 15.0 Å². The number of ether oxygens (including phenoxy) is 1. The third-order valence-electron chi connectivity index (χ3n) is 6.13. The van der Waals surface area contributed by atoms with Crippen molar-refractivity contribution in [3.8, 4) is 11.3 Å². The summed E-state index contributed by atoms with van der Waals surface area (Å²) in [6, 6.07) is 22.4. The predicted molar refractivity (Wildman–Crippen MR) is 158 cm³/mol. The Labute approximate surface area is 236 Å². The standard InChI is InChI=1S/C31H27Cl2N3O3/c1-31(2,3)39-28(37)13-8-18-14-22(32)29(23(33)15-18)26-16-20-9-10-21(17-25(20)34-26)30(38)36-27-12-11-19-6-4-5-7-24(19)35-27/h4-7,9-12,14-17,34H,8,13H2,1-3H3,(H,35,36,38). The summed E-state index contributed by atoms with van der Waals surface area (Å²) in [5.74, 6) is -0.0526. The lowest BCUT2D eigenvalue weighted by Gasteiger charge is -2.19. The molecule has 0 fully saturated rings. The third kappa shape index (κ3) is 6.24. The first kappa shape index (κ1) is 26.7. The molecule has 0 unspecified atom stereocenters. The molecule has 1 amide bonds. The number of carbonyl (C=O) groups excluding carboxylic acids is 2. The molecule has 2 heterocycles. The number of nitrogens with one attached hydrogen (secondary N) is 2. The quantitative estimate of drug-likeness (QED) is 0.205. The fraction of sp³-hybridized carbons (Fsp3) is 0.194. The van der Waals surface area contributed by atoms with E-state index in [1.165, 1.54) is 0 Å². The Morgan fingerprint density at radius 2 is 1.64 bits per heavy atom. The van der Waals surface area contributed by atoms with E-state index in [-0.39, 0.29) is 18.3 Å². The van der Waals surface area contributed by atoms with E-state index in [9.17, 15) is 9.59 Å². The SMILES string of the molecule is CC(C)(C)OC(=O)CCc1cc(Cl)c(-c2cc3ccc(C(=O)Nc4ccc5ccccc5n4)cc3[nH]2)c(Cl)c1. The summed E-state index contributed by atoms with van der Waals surface area (Å²) in [6.45, 7) is 5.52. The fourth-order valence-corrected chi connectivity index (χ4v) is 5.13. The molecular formula is C31H27Cl2N3O3. The molecule has 0 saturated carbocycles. The van der Waals surface area contributed by atoms with Crippen LogP contribution in [-0.4, -0.2) is 27.4 Å². The summed E-state index contributed by atoms with van der Waals surface area (Å²) in [7, 11) is 0. The number of halogens is 2. The first-order valence-corrected chi connectivity index (χ1v) is 13.3. The number of anilines is 1.